The SMILES string of the molecule is Cc1ccc(-n2nc(C)c(CC(=O)NCCO)c2C)cc1Cl. The molecule has 0 aliphatic carbocycles. The lowest BCUT2D eigenvalue weighted by Crippen LogP contribution is -2.28. The van der Waals surface area contributed by atoms with E-state index in [0.717, 1.165) is 28.2 Å². The van der Waals surface area contributed by atoms with Gasteiger partial charge >= 0.3 is 0 Å². The fourth-order valence-corrected chi connectivity index (χ4v) is 2.49. The zero-order valence-corrected chi connectivity index (χ0v) is 13.7. The third-order valence-corrected chi connectivity index (χ3v) is 4.02. The van der Waals surface area contributed by atoms with Crippen molar-refractivity contribution >= 4 is 17.5 Å². The van der Waals surface area contributed by atoms with E-state index in [9.17, 15) is 4.79 Å². The molecular formula is C16H20ClN3O2. The van der Waals surface area contributed by atoms with E-state index in [-0.39, 0.29) is 25.5 Å². The predicted molar refractivity (Wildman–Crippen MR) is 86.6 cm³/mol. The molecule has 1 heterocycles. The van der Waals surface area contributed by atoms with Gasteiger partial charge in [0.25, 0.3) is 0 Å². The smallest absolute Gasteiger partial charge is 0.224 e. The van der Waals surface area contributed by atoms with Crippen molar-refractivity contribution in [1.82, 2.24) is 15.1 Å². The first-order valence-corrected chi connectivity index (χ1v) is 7.51. The summed E-state index contributed by atoms with van der Waals surface area (Å²) in [6.45, 7) is 5.96. The van der Waals surface area contributed by atoms with E-state index in [2.05, 4.69) is 10.4 Å². The molecule has 1 aromatic carbocycles. The van der Waals surface area contributed by atoms with Crippen LogP contribution in [0.5, 0.6) is 0 Å². The average molecular weight is 322 g/mol. The molecule has 5 nitrogen and oxygen atoms in total. The zero-order valence-electron chi connectivity index (χ0n) is 13.0. The summed E-state index contributed by atoms with van der Waals surface area (Å²) >= 11 is 6.18. The molecule has 118 valence electrons. The predicted octanol–water partition coefficient (Wildman–Crippen LogP) is 2.10. The van der Waals surface area contributed by atoms with Gasteiger partial charge in [-0.1, -0.05) is 17.7 Å². The van der Waals surface area contributed by atoms with Crippen molar-refractivity contribution in [3.05, 3.63) is 45.7 Å². The first-order chi connectivity index (χ1) is 10.4. The monoisotopic (exact) mass is 321 g/mol. The Morgan fingerprint density at radius 3 is 2.73 bits per heavy atom. The van der Waals surface area contributed by atoms with Gasteiger partial charge in [-0.15, -0.1) is 0 Å². The Kier molecular flexibility index (Phi) is 5.21. The number of nitrogens with zero attached hydrogens (tertiary/aromatic N) is 2. The largest absolute Gasteiger partial charge is 0.395 e. The topological polar surface area (TPSA) is 67.2 Å². The summed E-state index contributed by atoms with van der Waals surface area (Å²) in [5.74, 6) is -0.123. The Morgan fingerprint density at radius 1 is 1.36 bits per heavy atom. The number of hydrogen-bond acceptors (Lipinski definition) is 3. The summed E-state index contributed by atoms with van der Waals surface area (Å²) in [7, 11) is 0. The van der Waals surface area contributed by atoms with Crippen molar-refractivity contribution in [2.75, 3.05) is 13.2 Å². The van der Waals surface area contributed by atoms with E-state index in [1.54, 1.807) is 4.68 Å². The van der Waals surface area contributed by atoms with Crippen LogP contribution in [0.1, 0.15) is 22.5 Å². The number of aryl methyl sites for hydroxylation is 2. The molecule has 0 saturated heterocycles. The second kappa shape index (κ2) is 6.94. The molecule has 2 N–H and O–H groups in total. The van der Waals surface area contributed by atoms with Crippen molar-refractivity contribution in [2.24, 2.45) is 0 Å². The summed E-state index contributed by atoms with van der Waals surface area (Å²) in [5, 5.41) is 16.6. The van der Waals surface area contributed by atoms with E-state index in [0.29, 0.717) is 5.02 Å². The highest BCUT2D eigenvalue weighted by Gasteiger charge is 2.16. The van der Waals surface area contributed by atoms with Gasteiger partial charge in [0.2, 0.25) is 5.91 Å². The summed E-state index contributed by atoms with van der Waals surface area (Å²) in [4.78, 5) is 11.8. The number of nitrogens with one attached hydrogen (secondary N) is 1. The van der Waals surface area contributed by atoms with Gasteiger partial charge in [-0.25, -0.2) is 4.68 Å². The van der Waals surface area contributed by atoms with Crippen LogP contribution in [0, 0.1) is 20.8 Å². The third-order valence-electron chi connectivity index (χ3n) is 3.61. The van der Waals surface area contributed by atoms with Crippen LogP contribution >= 0.6 is 11.6 Å². The van der Waals surface area contributed by atoms with Crippen molar-refractivity contribution in [1.29, 1.82) is 0 Å². The van der Waals surface area contributed by atoms with E-state index in [1.165, 1.54) is 0 Å². The fourth-order valence-electron chi connectivity index (χ4n) is 2.31. The van der Waals surface area contributed by atoms with E-state index >= 15 is 0 Å². The Labute approximate surface area is 134 Å². The number of carbonyl (C=O) groups excluding carboxylic acids is 1. The molecule has 0 aliphatic rings. The van der Waals surface area contributed by atoms with Crippen molar-refractivity contribution in [3.8, 4) is 5.69 Å². The number of amides is 1. The minimum atomic E-state index is -0.123. The first-order valence-electron chi connectivity index (χ1n) is 7.13. The Bertz CT molecular complexity index is 695. The van der Waals surface area contributed by atoms with Gasteiger partial charge in [0, 0.05) is 22.8 Å². The molecule has 2 rings (SSSR count). The summed E-state index contributed by atoms with van der Waals surface area (Å²) < 4.78 is 1.80. The van der Waals surface area contributed by atoms with Gasteiger partial charge in [-0.3, -0.25) is 4.79 Å². The standard InChI is InChI=1S/C16H20ClN3O2/c1-10-4-5-13(8-15(10)17)20-12(3)14(11(2)19-20)9-16(22)18-6-7-21/h4-5,8,21H,6-7,9H2,1-3H3,(H,18,22). The molecule has 0 unspecified atom stereocenters. The van der Waals surface area contributed by atoms with Crippen molar-refractivity contribution < 1.29 is 9.90 Å². The number of hydrogen-bond donors (Lipinski definition) is 2. The van der Waals surface area contributed by atoms with E-state index < -0.39 is 0 Å². The van der Waals surface area contributed by atoms with Crippen LogP contribution in [-0.2, 0) is 11.2 Å². The lowest BCUT2D eigenvalue weighted by Gasteiger charge is -2.07. The van der Waals surface area contributed by atoms with Crippen LogP contribution in [0.2, 0.25) is 5.02 Å². The van der Waals surface area contributed by atoms with Crippen LogP contribution < -0.4 is 5.32 Å². The molecule has 0 atom stereocenters. The van der Waals surface area contributed by atoms with Gasteiger partial charge in [0.1, 0.15) is 0 Å². The van der Waals surface area contributed by atoms with Crippen LogP contribution in [0.4, 0.5) is 0 Å². The number of aliphatic hydroxyl groups is 1. The molecule has 0 saturated carbocycles. The quantitative estimate of drug-likeness (QED) is 0.886. The van der Waals surface area contributed by atoms with Gasteiger partial charge in [0.05, 0.1) is 24.4 Å². The Morgan fingerprint density at radius 2 is 2.09 bits per heavy atom. The van der Waals surface area contributed by atoms with Gasteiger partial charge < -0.3 is 10.4 Å². The fraction of sp³-hybridized carbons (Fsp3) is 0.375. The first kappa shape index (κ1) is 16.5. The van der Waals surface area contributed by atoms with Crippen LogP contribution in [0.25, 0.3) is 5.69 Å². The number of carbonyl (C=O) groups is 1. The Hall–Kier alpha value is -1.85. The molecular weight excluding hydrogens is 302 g/mol. The number of halogens is 1. The highest BCUT2D eigenvalue weighted by molar-refractivity contribution is 6.31. The average Bonchev–Trinajstić information content (AvgIpc) is 2.76. The zero-order chi connectivity index (χ0) is 16.3. The minimum absolute atomic E-state index is 0.0647. The highest BCUT2D eigenvalue weighted by Crippen LogP contribution is 2.23. The number of benzene rings is 1. The Balaban J connectivity index is 2.30. The number of aromatic nitrogens is 2. The molecule has 6 heteroatoms. The molecule has 1 aromatic heterocycles. The minimum Gasteiger partial charge on any atom is -0.395 e. The normalized spacial score (nSPS) is 10.8. The number of rotatable bonds is 5. The second-order valence-corrected chi connectivity index (χ2v) is 5.65. The molecule has 0 aliphatic heterocycles. The molecule has 0 bridgehead atoms. The maximum absolute atomic E-state index is 11.8. The molecule has 2 aromatic rings. The summed E-state index contributed by atoms with van der Waals surface area (Å²) in [5.41, 5.74) is 4.51. The van der Waals surface area contributed by atoms with Crippen molar-refractivity contribution in [2.45, 2.75) is 27.2 Å². The maximum atomic E-state index is 11.8. The van der Waals surface area contributed by atoms with Crippen LogP contribution in [0.15, 0.2) is 18.2 Å². The molecule has 0 spiro atoms. The van der Waals surface area contributed by atoms with E-state index in [4.69, 9.17) is 16.7 Å². The number of aliphatic hydroxyl groups excluding tert-OH is 1. The summed E-state index contributed by atoms with van der Waals surface area (Å²) in [6, 6.07) is 5.77. The van der Waals surface area contributed by atoms with Gasteiger partial charge in [0.15, 0.2) is 0 Å². The van der Waals surface area contributed by atoms with Gasteiger partial charge in [-0.2, -0.15) is 5.10 Å². The lowest BCUT2D eigenvalue weighted by atomic mass is 10.1. The summed E-state index contributed by atoms with van der Waals surface area (Å²) in [6.07, 6.45) is 0.247. The van der Waals surface area contributed by atoms with Crippen LogP contribution in [-0.4, -0.2) is 33.9 Å². The second-order valence-electron chi connectivity index (χ2n) is 5.25. The highest BCUT2D eigenvalue weighted by atomic mass is 35.5. The maximum Gasteiger partial charge on any atom is 0.224 e. The van der Waals surface area contributed by atoms with Crippen molar-refractivity contribution in [3.63, 3.8) is 0 Å². The van der Waals surface area contributed by atoms with Crippen LogP contribution in [0.3, 0.4) is 0 Å². The van der Waals surface area contributed by atoms with Gasteiger partial charge in [-0.05, 0) is 38.5 Å². The molecule has 0 fully saturated rings. The molecule has 1 amide bonds. The molecule has 0 radical (unpaired) electrons. The third kappa shape index (κ3) is 3.48. The lowest BCUT2D eigenvalue weighted by molar-refractivity contribution is -0.120. The molecule has 22 heavy (non-hydrogen) atoms. The van der Waals surface area contributed by atoms with E-state index in [1.807, 2.05) is 39.0 Å².